The number of carbonyl (C=O) groups excluding carboxylic acids is 5. The quantitative estimate of drug-likeness (QED) is 0.207. The molecule has 2 rings (SSSR count). The van der Waals surface area contributed by atoms with Crippen molar-refractivity contribution in [1.29, 1.82) is 0 Å². The van der Waals surface area contributed by atoms with Gasteiger partial charge in [0.25, 0.3) is 10.0 Å². The summed E-state index contributed by atoms with van der Waals surface area (Å²) in [6.45, 7) is 16.8. The average Bonchev–Trinajstić information content (AvgIpc) is 3.56. The molecule has 0 aliphatic carbocycles. The molecule has 0 aromatic heterocycles. The number of nitrogens with zero attached hydrogens (tertiary/aromatic N) is 3. The second-order valence-electron chi connectivity index (χ2n) is 16.6. The summed E-state index contributed by atoms with van der Waals surface area (Å²) in [5.41, 5.74) is -0.607. The molecule has 1 aromatic carbocycles. The Hall–Kier alpha value is -4.03. The van der Waals surface area contributed by atoms with E-state index >= 15 is 0 Å². The van der Waals surface area contributed by atoms with Crippen LogP contribution in [0.2, 0.25) is 0 Å². The van der Waals surface area contributed by atoms with Gasteiger partial charge in [-0.2, -0.15) is 13.2 Å². The van der Waals surface area contributed by atoms with Crippen molar-refractivity contribution in [2.75, 3.05) is 40.1 Å². The molecule has 57 heavy (non-hydrogen) atoms. The average molecular weight is 831 g/mol. The van der Waals surface area contributed by atoms with E-state index in [-0.39, 0.29) is 35.2 Å². The second kappa shape index (κ2) is 19.6. The number of sulfonamides is 1. The van der Waals surface area contributed by atoms with Gasteiger partial charge in [0.15, 0.2) is 0 Å². The SMILES string of the molecule is CO[C@H]([C@@H](C)C(=O)NS(=O)(=O)c1ccc(NC(=O)C(F)(F)F)cc1)[C@@H]1CCCN1C(=O)C(C)=C[C@H](C(C)C)N(C)C(=O)[C@@H](NC(=O)[C@H](C(C)C)N(C)C)C(C)(C)C. The molecule has 322 valence electrons. The number of hydrogen-bond acceptors (Lipinski definition) is 9. The number of likely N-dealkylation sites (N-methyl/N-ethyl adjacent to an activating group) is 2. The van der Waals surface area contributed by atoms with Gasteiger partial charge in [-0.05, 0) is 75.4 Å². The van der Waals surface area contributed by atoms with Gasteiger partial charge in [-0.3, -0.25) is 28.9 Å². The van der Waals surface area contributed by atoms with Crippen LogP contribution in [0.4, 0.5) is 18.9 Å². The molecule has 1 aliphatic rings. The molecule has 1 aliphatic heterocycles. The molecule has 14 nitrogen and oxygen atoms in total. The second-order valence-corrected chi connectivity index (χ2v) is 18.3. The monoisotopic (exact) mass is 830 g/mol. The van der Waals surface area contributed by atoms with E-state index in [0.717, 1.165) is 24.3 Å². The number of halogens is 3. The number of alkyl halides is 3. The van der Waals surface area contributed by atoms with Gasteiger partial charge in [0.2, 0.25) is 23.6 Å². The van der Waals surface area contributed by atoms with Gasteiger partial charge in [-0.15, -0.1) is 0 Å². The number of amides is 5. The molecule has 3 N–H and O–H groups in total. The molecule has 0 bridgehead atoms. The lowest BCUT2D eigenvalue weighted by Crippen LogP contribution is -2.59. The number of methoxy groups -OCH3 is 1. The van der Waals surface area contributed by atoms with Crippen molar-refractivity contribution in [2.24, 2.45) is 23.2 Å². The number of benzene rings is 1. The van der Waals surface area contributed by atoms with Crippen molar-refractivity contribution in [1.82, 2.24) is 24.7 Å². The number of rotatable bonds is 16. The summed E-state index contributed by atoms with van der Waals surface area (Å²) >= 11 is 0. The van der Waals surface area contributed by atoms with Crippen molar-refractivity contribution in [3.8, 4) is 0 Å². The fourth-order valence-electron chi connectivity index (χ4n) is 7.10. The maximum absolute atomic E-state index is 14.2. The number of hydrogen-bond donors (Lipinski definition) is 3. The largest absolute Gasteiger partial charge is 0.471 e. The Morgan fingerprint density at radius 1 is 0.930 bits per heavy atom. The molecule has 5 amide bonds. The first kappa shape index (κ1) is 49.1. The van der Waals surface area contributed by atoms with Gasteiger partial charge in [-0.1, -0.05) is 61.5 Å². The van der Waals surface area contributed by atoms with Crippen LogP contribution < -0.4 is 15.4 Å². The molecule has 0 radical (unpaired) electrons. The Bertz CT molecular complexity index is 1730. The van der Waals surface area contributed by atoms with E-state index in [0.29, 0.717) is 25.0 Å². The first-order valence-corrected chi connectivity index (χ1v) is 20.4. The topological polar surface area (TPSA) is 175 Å². The first-order valence-electron chi connectivity index (χ1n) is 18.9. The summed E-state index contributed by atoms with van der Waals surface area (Å²) in [5, 5.41) is 4.61. The normalized spacial score (nSPS) is 18.2. The lowest BCUT2D eigenvalue weighted by atomic mass is 9.84. The number of carbonyl (C=O) groups is 5. The molecular formula is C39H61F3N6O8S. The third-order valence-corrected chi connectivity index (χ3v) is 11.5. The van der Waals surface area contributed by atoms with E-state index in [2.05, 4.69) is 5.32 Å². The third kappa shape index (κ3) is 12.7. The van der Waals surface area contributed by atoms with Crippen LogP contribution in [0.3, 0.4) is 0 Å². The molecule has 6 atom stereocenters. The smallest absolute Gasteiger partial charge is 0.378 e. The fraction of sp³-hybridized carbons (Fsp3) is 0.667. The van der Waals surface area contributed by atoms with Gasteiger partial charge >= 0.3 is 12.1 Å². The van der Waals surface area contributed by atoms with Crippen LogP contribution in [0.15, 0.2) is 40.8 Å². The van der Waals surface area contributed by atoms with Crippen LogP contribution in [0.25, 0.3) is 0 Å². The highest BCUT2D eigenvalue weighted by molar-refractivity contribution is 7.90. The minimum absolute atomic E-state index is 0.00795. The highest BCUT2D eigenvalue weighted by Crippen LogP contribution is 2.30. The molecular weight excluding hydrogens is 770 g/mol. The zero-order valence-electron chi connectivity index (χ0n) is 35.3. The Kier molecular flexibility index (Phi) is 16.9. The number of anilines is 1. The predicted octanol–water partition coefficient (Wildman–Crippen LogP) is 4.18. The predicted molar refractivity (Wildman–Crippen MR) is 210 cm³/mol. The van der Waals surface area contributed by atoms with Gasteiger partial charge < -0.3 is 25.2 Å². The summed E-state index contributed by atoms with van der Waals surface area (Å²) in [6, 6.07) is 1.30. The number of ether oxygens (including phenoxy) is 1. The number of nitrogens with one attached hydrogen (secondary N) is 3. The molecule has 1 saturated heterocycles. The summed E-state index contributed by atoms with van der Waals surface area (Å²) in [5.74, 6) is -5.33. The van der Waals surface area contributed by atoms with Crippen LogP contribution >= 0.6 is 0 Å². The van der Waals surface area contributed by atoms with Crippen molar-refractivity contribution in [3.05, 3.63) is 35.9 Å². The lowest BCUT2D eigenvalue weighted by Gasteiger charge is -2.39. The minimum Gasteiger partial charge on any atom is -0.378 e. The molecule has 0 unspecified atom stereocenters. The van der Waals surface area contributed by atoms with Gasteiger partial charge in [0.05, 0.1) is 35.0 Å². The van der Waals surface area contributed by atoms with E-state index in [9.17, 15) is 45.6 Å². The van der Waals surface area contributed by atoms with Crippen LogP contribution in [0.5, 0.6) is 0 Å². The Morgan fingerprint density at radius 3 is 1.95 bits per heavy atom. The van der Waals surface area contributed by atoms with Crippen molar-refractivity contribution >= 4 is 45.2 Å². The Labute approximate surface area is 335 Å². The summed E-state index contributed by atoms with van der Waals surface area (Å²) < 4.78 is 71.6. The van der Waals surface area contributed by atoms with Crippen LogP contribution in [0, 0.1) is 23.2 Å². The molecule has 18 heteroatoms. The van der Waals surface area contributed by atoms with E-state index in [4.69, 9.17) is 4.74 Å². The Morgan fingerprint density at radius 2 is 1.49 bits per heavy atom. The van der Waals surface area contributed by atoms with Crippen molar-refractivity contribution in [3.63, 3.8) is 0 Å². The highest BCUT2D eigenvalue weighted by Gasteiger charge is 2.43. The van der Waals surface area contributed by atoms with Gasteiger partial charge in [-0.25, -0.2) is 13.1 Å². The van der Waals surface area contributed by atoms with Crippen molar-refractivity contribution in [2.45, 2.75) is 116 Å². The Balaban J connectivity index is 2.29. The molecule has 0 saturated carbocycles. The maximum Gasteiger partial charge on any atom is 0.471 e. The van der Waals surface area contributed by atoms with E-state index < -0.39 is 74.5 Å². The minimum atomic E-state index is -5.14. The fourth-order valence-corrected chi connectivity index (χ4v) is 8.16. The standard InChI is InChI=1S/C39H61F3N6O8S/c1-22(2)29(47(12)36(52)32(38(7,8)9)44-34(50)30(23(3)4)46(10)11)21-24(5)35(51)48-20-14-15-28(48)31(56-13)25(6)33(49)45-57(54,55)27-18-16-26(17-19-27)43-37(53)39(40,41)42/h16-19,21-23,25,28-32H,14-15,20H2,1-13H3,(H,43,53)(H,44,50)(H,45,49)/t25-,28+,29-,30+,31-,32-/m1/s1. The highest BCUT2D eigenvalue weighted by atomic mass is 32.2. The first-order chi connectivity index (χ1) is 26.1. The van der Waals surface area contributed by atoms with E-state index in [1.807, 2.05) is 72.2 Å². The van der Waals surface area contributed by atoms with E-state index in [1.54, 1.807) is 35.2 Å². The van der Waals surface area contributed by atoms with Crippen LogP contribution in [0.1, 0.15) is 75.2 Å². The van der Waals surface area contributed by atoms with Crippen molar-refractivity contribution < 1.29 is 50.3 Å². The van der Waals surface area contributed by atoms with E-state index in [1.165, 1.54) is 14.0 Å². The molecule has 1 aromatic rings. The van der Waals surface area contributed by atoms with Gasteiger partial charge in [0.1, 0.15) is 6.04 Å². The maximum atomic E-state index is 14.2. The van der Waals surface area contributed by atoms with Crippen LogP contribution in [-0.2, 0) is 38.7 Å². The summed E-state index contributed by atoms with van der Waals surface area (Å²) in [6.07, 6.45) is -3.32. The van der Waals surface area contributed by atoms with Crippen LogP contribution in [-0.4, -0.2) is 124 Å². The molecule has 1 heterocycles. The van der Waals surface area contributed by atoms with Gasteiger partial charge in [0, 0.05) is 32.0 Å². The summed E-state index contributed by atoms with van der Waals surface area (Å²) in [7, 11) is 2.12. The number of likely N-dealkylation sites (tertiary alicyclic amines) is 1. The lowest BCUT2D eigenvalue weighted by molar-refractivity contribution is -0.167. The third-order valence-electron chi connectivity index (χ3n) is 10.1. The molecule has 0 spiro atoms. The summed E-state index contributed by atoms with van der Waals surface area (Å²) in [4.78, 5) is 70.7. The zero-order valence-corrected chi connectivity index (χ0v) is 36.1. The zero-order chi connectivity index (χ0) is 44.0. The molecule has 1 fully saturated rings.